The summed E-state index contributed by atoms with van der Waals surface area (Å²) in [6.07, 6.45) is 5.37. The highest BCUT2D eigenvalue weighted by atomic mass is 19.1. The van der Waals surface area contributed by atoms with E-state index < -0.39 is 0 Å². The fourth-order valence-corrected chi connectivity index (χ4v) is 4.09. The van der Waals surface area contributed by atoms with Crippen molar-refractivity contribution >= 4 is 10.9 Å². The van der Waals surface area contributed by atoms with Crippen LogP contribution in [0.1, 0.15) is 30.0 Å². The number of rotatable bonds is 5. The maximum atomic E-state index is 13.0. The van der Waals surface area contributed by atoms with Crippen molar-refractivity contribution in [3.05, 3.63) is 71.7 Å². The summed E-state index contributed by atoms with van der Waals surface area (Å²) in [6, 6.07) is 15.6. The lowest BCUT2D eigenvalue weighted by Gasteiger charge is -2.33. The molecule has 0 unspecified atom stereocenters. The Hall–Kier alpha value is -2.17. The SMILES string of the molecule is OCc1cccc2ccn(C3CCN(CCc4ccc(F)cc4)CC3)c12. The maximum absolute atomic E-state index is 13.0. The van der Waals surface area contributed by atoms with E-state index in [0.29, 0.717) is 6.04 Å². The van der Waals surface area contributed by atoms with Crippen LogP contribution >= 0.6 is 0 Å². The van der Waals surface area contributed by atoms with Crippen LogP contribution in [0.5, 0.6) is 0 Å². The van der Waals surface area contributed by atoms with Crippen LogP contribution in [0.25, 0.3) is 10.9 Å². The topological polar surface area (TPSA) is 28.4 Å². The molecule has 1 aliphatic rings. The van der Waals surface area contributed by atoms with Crippen LogP contribution in [0.15, 0.2) is 54.7 Å². The van der Waals surface area contributed by atoms with Gasteiger partial charge in [0.05, 0.1) is 12.1 Å². The van der Waals surface area contributed by atoms with Gasteiger partial charge in [-0.05, 0) is 48.4 Å². The minimum absolute atomic E-state index is 0.0812. The van der Waals surface area contributed by atoms with Crippen molar-refractivity contribution in [2.75, 3.05) is 19.6 Å². The highest BCUT2D eigenvalue weighted by Crippen LogP contribution is 2.29. The summed E-state index contributed by atoms with van der Waals surface area (Å²) >= 11 is 0. The second-order valence-corrected chi connectivity index (χ2v) is 7.19. The summed E-state index contributed by atoms with van der Waals surface area (Å²) < 4.78 is 15.4. The number of benzene rings is 2. The predicted molar refractivity (Wildman–Crippen MR) is 103 cm³/mol. The van der Waals surface area contributed by atoms with E-state index in [0.717, 1.165) is 44.5 Å². The average molecular weight is 352 g/mol. The number of halogens is 1. The number of aliphatic hydroxyl groups excluding tert-OH is 1. The molecule has 1 aromatic heterocycles. The Morgan fingerprint density at radius 1 is 1.00 bits per heavy atom. The summed E-state index contributed by atoms with van der Waals surface area (Å²) in [5, 5.41) is 10.9. The predicted octanol–water partition coefficient (Wildman–Crippen LogP) is 4.15. The van der Waals surface area contributed by atoms with Gasteiger partial charge in [0.25, 0.3) is 0 Å². The summed E-state index contributed by atoms with van der Waals surface area (Å²) in [5.41, 5.74) is 3.38. The lowest BCUT2D eigenvalue weighted by molar-refractivity contribution is 0.190. The lowest BCUT2D eigenvalue weighted by atomic mass is 10.0. The number of fused-ring (bicyclic) bond motifs is 1. The number of aliphatic hydroxyl groups is 1. The minimum Gasteiger partial charge on any atom is -0.392 e. The third kappa shape index (κ3) is 3.53. The first-order valence-electron chi connectivity index (χ1n) is 9.40. The van der Waals surface area contributed by atoms with E-state index in [1.54, 1.807) is 0 Å². The molecule has 0 bridgehead atoms. The van der Waals surface area contributed by atoms with Gasteiger partial charge in [-0.25, -0.2) is 4.39 Å². The molecule has 1 aliphatic heterocycles. The van der Waals surface area contributed by atoms with Crippen molar-refractivity contribution in [2.45, 2.75) is 31.9 Å². The van der Waals surface area contributed by atoms with Crippen molar-refractivity contribution in [2.24, 2.45) is 0 Å². The first-order valence-corrected chi connectivity index (χ1v) is 9.40. The Kier molecular flexibility index (Phi) is 5.05. The van der Waals surface area contributed by atoms with Gasteiger partial charge in [0.1, 0.15) is 5.82 Å². The lowest BCUT2D eigenvalue weighted by Crippen LogP contribution is -2.35. The Morgan fingerprint density at radius 3 is 2.50 bits per heavy atom. The second kappa shape index (κ2) is 7.60. The largest absolute Gasteiger partial charge is 0.392 e. The zero-order chi connectivity index (χ0) is 17.9. The third-order valence-electron chi connectivity index (χ3n) is 5.57. The molecule has 26 heavy (non-hydrogen) atoms. The molecule has 1 fully saturated rings. The van der Waals surface area contributed by atoms with Crippen LogP contribution in [0.4, 0.5) is 4.39 Å². The molecule has 4 rings (SSSR count). The number of nitrogens with zero attached hydrogens (tertiary/aromatic N) is 2. The molecule has 0 spiro atoms. The zero-order valence-electron chi connectivity index (χ0n) is 14.9. The maximum Gasteiger partial charge on any atom is 0.123 e. The quantitative estimate of drug-likeness (QED) is 0.747. The zero-order valence-corrected chi connectivity index (χ0v) is 14.9. The number of aromatic nitrogens is 1. The molecule has 136 valence electrons. The monoisotopic (exact) mass is 352 g/mol. The molecule has 0 aliphatic carbocycles. The number of piperidine rings is 1. The van der Waals surface area contributed by atoms with Gasteiger partial charge >= 0.3 is 0 Å². The van der Waals surface area contributed by atoms with Crippen molar-refractivity contribution < 1.29 is 9.50 Å². The summed E-state index contributed by atoms with van der Waals surface area (Å²) in [7, 11) is 0. The second-order valence-electron chi connectivity index (χ2n) is 7.19. The van der Waals surface area contributed by atoms with E-state index in [2.05, 4.69) is 27.8 Å². The van der Waals surface area contributed by atoms with Crippen LogP contribution in [0, 0.1) is 5.82 Å². The van der Waals surface area contributed by atoms with Crippen LogP contribution in [0.2, 0.25) is 0 Å². The van der Waals surface area contributed by atoms with Crippen molar-refractivity contribution in [1.82, 2.24) is 9.47 Å². The van der Waals surface area contributed by atoms with Gasteiger partial charge in [-0.1, -0.05) is 30.3 Å². The molecule has 0 amide bonds. The van der Waals surface area contributed by atoms with Crippen molar-refractivity contribution in [3.8, 4) is 0 Å². The van der Waals surface area contributed by atoms with Gasteiger partial charge in [0.2, 0.25) is 0 Å². The highest BCUT2D eigenvalue weighted by molar-refractivity contribution is 5.83. The van der Waals surface area contributed by atoms with Crippen LogP contribution < -0.4 is 0 Å². The number of hydrogen-bond donors (Lipinski definition) is 1. The molecule has 1 saturated heterocycles. The molecule has 3 nitrogen and oxygen atoms in total. The van der Waals surface area contributed by atoms with E-state index in [1.165, 1.54) is 28.6 Å². The van der Waals surface area contributed by atoms with Gasteiger partial charge < -0.3 is 14.6 Å². The fraction of sp³-hybridized carbons (Fsp3) is 0.364. The standard InChI is InChI=1S/C22H25FN2O/c23-20-6-4-17(5-7-20)8-12-24-13-10-21(11-14-24)25-15-9-18-2-1-3-19(16-26)22(18)25/h1-7,9,15,21,26H,8,10-14,16H2. The van der Waals surface area contributed by atoms with Crippen LogP contribution in [0.3, 0.4) is 0 Å². The van der Waals surface area contributed by atoms with E-state index in [1.807, 2.05) is 24.3 Å². The Balaban J connectivity index is 1.38. The summed E-state index contributed by atoms with van der Waals surface area (Å²) in [6.45, 7) is 3.25. The van der Waals surface area contributed by atoms with E-state index in [4.69, 9.17) is 0 Å². The molecule has 0 atom stereocenters. The minimum atomic E-state index is -0.171. The van der Waals surface area contributed by atoms with Gasteiger partial charge in [-0.15, -0.1) is 0 Å². The van der Waals surface area contributed by atoms with Gasteiger partial charge in [0, 0.05) is 37.4 Å². The molecule has 4 heteroatoms. The first-order chi connectivity index (χ1) is 12.7. The average Bonchev–Trinajstić information content (AvgIpc) is 3.12. The Bertz CT molecular complexity index is 863. The molecular formula is C22H25FN2O. The van der Waals surface area contributed by atoms with Crippen LogP contribution in [-0.2, 0) is 13.0 Å². The molecule has 3 aromatic rings. The Morgan fingerprint density at radius 2 is 1.77 bits per heavy atom. The fourth-order valence-electron chi connectivity index (χ4n) is 4.09. The van der Waals surface area contributed by atoms with Crippen molar-refractivity contribution in [1.29, 1.82) is 0 Å². The van der Waals surface area contributed by atoms with Gasteiger partial charge in [-0.2, -0.15) is 0 Å². The normalized spacial score (nSPS) is 16.4. The van der Waals surface area contributed by atoms with E-state index in [-0.39, 0.29) is 12.4 Å². The number of hydrogen-bond acceptors (Lipinski definition) is 2. The number of para-hydroxylation sites is 1. The molecule has 2 aromatic carbocycles. The molecule has 0 saturated carbocycles. The summed E-state index contributed by atoms with van der Waals surface area (Å²) in [4.78, 5) is 2.50. The van der Waals surface area contributed by atoms with E-state index >= 15 is 0 Å². The molecule has 2 heterocycles. The Labute approximate surface area is 153 Å². The highest BCUT2D eigenvalue weighted by Gasteiger charge is 2.22. The molecule has 1 N–H and O–H groups in total. The van der Waals surface area contributed by atoms with Crippen molar-refractivity contribution in [3.63, 3.8) is 0 Å². The molecule has 0 radical (unpaired) electrons. The summed E-state index contributed by atoms with van der Waals surface area (Å²) in [5.74, 6) is -0.171. The van der Waals surface area contributed by atoms with Gasteiger partial charge in [0.15, 0.2) is 0 Å². The third-order valence-corrected chi connectivity index (χ3v) is 5.57. The number of likely N-dealkylation sites (tertiary alicyclic amines) is 1. The smallest absolute Gasteiger partial charge is 0.123 e. The first kappa shape index (κ1) is 17.3. The molecular weight excluding hydrogens is 327 g/mol. The van der Waals surface area contributed by atoms with Gasteiger partial charge in [-0.3, -0.25) is 0 Å². The van der Waals surface area contributed by atoms with E-state index in [9.17, 15) is 9.50 Å². The van der Waals surface area contributed by atoms with Crippen LogP contribution in [-0.4, -0.2) is 34.2 Å².